The topological polar surface area (TPSA) is 26.3 Å². The molecule has 0 amide bonds. The molecule has 0 radical (unpaired) electrons. The predicted molar refractivity (Wildman–Crippen MR) is 79.5 cm³/mol. The molecule has 0 saturated heterocycles. The Balaban J connectivity index is 3.00. The van der Waals surface area contributed by atoms with Crippen LogP contribution in [0.5, 0.6) is 5.75 Å². The predicted octanol–water partition coefficient (Wildman–Crippen LogP) is 4.99. The Hall–Kier alpha value is -0.250. The Morgan fingerprint density at radius 1 is 1.33 bits per heavy atom. The number of carbonyl (C=O) groups is 1. The van der Waals surface area contributed by atoms with E-state index < -0.39 is 0 Å². The number of rotatable bonds is 5. The van der Waals surface area contributed by atoms with Crippen molar-refractivity contribution in [3.8, 4) is 5.75 Å². The van der Waals surface area contributed by atoms with E-state index in [4.69, 9.17) is 27.9 Å². The second-order valence-electron chi connectivity index (χ2n) is 4.43. The molecule has 100 valence electrons. The molecule has 1 rings (SSSR count). The number of hydrogen-bond acceptors (Lipinski definition) is 2. The molecule has 0 aliphatic rings. The number of alkyl halides is 1. The largest absolute Gasteiger partial charge is 0.494 e. The molecule has 2 nitrogen and oxygen atoms in total. The van der Waals surface area contributed by atoms with E-state index in [1.54, 1.807) is 12.1 Å². The first kappa shape index (κ1) is 15.8. The fourth-order valence-corrected chi connectivity index (χ4v) is 3.25. The third kappa shape index (κ3) is 3.87. The van der Waals surface area contributed by atoms with Gasteiger partial charge in [-0.15, -0.1) is 0 Å². The van der Waals surface area contributed by atoms with E-state index in [2.05, 4.69) is 29.8 Å². The van der Waals surface area contributed by atoms with Gasteiger partial charge in [-0.3, -0.25) is 4.79 Å². The number of benzene rings is 1. The number of halogens is 3. The van der Waals surface area contributed by atoms with Gasteiger partial charge in [0.25, 0.3) is 0 Å². The van der Waals surface area contributed by atoms with Gasteiger partial charge in [-0.05, 0) is 24.5 Å². The quantitative estimate of drug-likeness (QED) is 0.550. The van der Waals surface area contributed by atoms with Gasteiger partial charge in [-0.1, -0.05) is 53.0 Å². The first-order valence-electron chi connectivity index (χ1n) is 5.58. The van der Waals surface area contributed by atoms with Gasteiger partial charge < -0.3 is 4.74 Å². The Morgan fingerprint density at radius 2 is 1.83 bits per heavy atom. The fourth-order valence-electron chi connectivity index (χ4n) is 1.60. The molecule has 5 heteroatoms. The van der Waals surface area contributed by atoms with Gasteiger partial charge in [0.2, 0.25) is 0 Å². The van der Waals surface area contributed by atoms with Crippen molar-refractivity contribution in [1.29, 1.82) is 0 Å². The summed E-state index contributed by atoms with van der Waals surface area (Å²) in [7, 11) is 1.49. The van der Waals surface area contributed by atoms with Crippen LogP contribution in [0.3, 0.4) is 0 Å². The van der Waals surface area contributed by atoms with Crippen LogP contribution in [0.2, 0.25) is 10.0 Å². The Kier molecular flexibility index (Phi) is 5.96. The minimum absolute atomic E-state index is 0.0184. The molecule has 0 bridgehead atoms. The maximum Gasteiger partial charge on any atom is 0.176 e. The van der Waals surface area contributed by atoms with E-state index in [-0.39, 0.29) is 10.6 Å². The lowest BCUT2D eigenvalue weighted by molar-refractivity contribution is 0.0984. The fraction of sp³-hybridized carbons (Fsp3) is 0.462. The zero-order valence-electron chi connectivity index (χ0n) is 10.5. The van der Waals surface area contributed by atoms with Crippen LogP contribution in [0, 0.1) is 5.92 Å². The second-order valence-corrected chi connectivity index (χ2v) is 6.35. The lowest BCUT2D eigenvalue weighted by Gasteiger charge is -2.13. The number of ether oxygens (including phenoxy) is 1. The van der Waals surface area contributed by atoms with Gasteiger partial charge in [0.05, 0.1) is 22.0 Å². The summed E-state index contributed by atoms with van der Waals surface area (Å²) >= 11 is 15.4. The van der Waals surface area contributed by atoms with Crippen molar-refractivity contribution in [2.24, 2.45) is 5.92 Å². The normalized spacial score (nSPS) is 12.6. The highest BCUT2D eigenvalue weighted by Gasteiger charge is 2.20. The van der Waals surface area contributed by atoms with E-state index in [1.807, 2.05) is 0 Å². The highest BCUT2D eigenvalue weighted by molar-refractivity contribution is 9.10. The van der Waals surface area contributed by atoms with Crippen molar-refractivity contribution < 1.29 is 9.53 Å². The summed E-state index contributed by atoms with van der Waals surface area (Å²) in [5.41, 5.74) is 0.494. The summed E-state index contributed by atoms with van der Waals surface area (Å²) in [5, 5.41) is 0.690. The number of ketones is 1. The summed E-state index contributed by atoms with van der Waals surface area (Å²) in [6.45, 7) is 4.13. The molecule has 1 aromatic carbocycles. The van der Waals surface area contributed by atoms with Gasteiger partial charge in [-0.25, -0.2) is 0 Å². The van der Waals surface area contributed by atoms with Crippen LogP contribution < -0.4 is 4.74 Å². The third-order valence-electron chi connectivity index (χ3n) is 2.45. The number of methoxy groups -OCH3 is 1. The van der Waals surface area contributed by atoms with Crippen LogP contribution in [0.4, 0.5) is 0 Å². The highest BCUT2D eigenvalue weighted by atomic mass is 79.9. The standard InChI is InChI=1S/C13H15BrCl2O2/c1-7(2)4-9(14)12(17)8-5-10(15)13(18-3)11(16)6-8/h5-7,9H,4H2,1-3H3. The minimum atomic E-state index is -0.224. The Morgan fingerprint density at radius 3 is 2.22 bits per heavy atom. The molecule has 0 spiro atoms. The molecule has 0 aliphatic carbocycles. The van der Waals surface area contributed by atoms with Crippen LogP contribution in [0.1, 0.15) is 30.6 Å². The maximum absolute atomic E-state index is 12.2. The zero-order chi connectivity index (χ0) is 13.9. The molecular formula is C13H15BrCl2O2. The molecule has 0 fully saturated rings. The van der Waals surface area contributed by atoms with Gasteiger partial charge in [0.1, 0.15) is 0 Å². The molecule has 1 aromatic rings. The van der Waals surface area contributed by atoms with Crippen molar-refractivity contribution in [1.82, 2.24) is 0 Å². The van der Waals surface area contributed by atoms with Gasteiger partial charge >= 0.3 is 0 Å². The maximum atomic E-state index is 12.2. The van der Waals surface area contributed by atoms with Gasteiger partial charge in [0.15, 0.2) is 11.5 Å². The van der Waals surface area contributed by atoms with E-state index in [9.17, 15) is 4.79 Å². The number of hydrogen-bond donors (Lipinski definition) is 0. The third-order valence-corrected chi connectivity index (χ3v) is 3.80. The average molecular weight is 354 g/mol. The van der Waals surface area contributed by atoms with E-state index in [0.717, 1.165) is 6.42 Å². The molecule has 1 unspecified atom stereocenters. The van der Waals surface area contributed by atoms with E-state index in [1.165, 1.54) is 7.11 Å². The first-order valence-corrected chi connectivity index (χ1v) is 7.25. The molecule has 0 heterocycles. The van der Waals surface area contributed by atoms with Gasteiger partial charge in [-0.2, -0.15) is 0 Å². The number of Topliss-reactive ketones (excluding diaryl/α,β-unsaturated/α-hetero) is 1. The molecule has 1 atom stereocenters. The summed E-state index contributed by atoms with van der Waals surface area (Å²) in [6, 6.07) is 3.17. The van der Waals surface area contributed by atoms with Crippen LogP contribution in [-0.2, 0) is 0 Å². The first-order chi connectivity index (χ1) is 8.36. The van der Waals surface area contributed by atoms with Crippen molar-refractivity contribution in [3.05, 3.63) is 27.7 Å². The molecule has 0 aromatic heterocycles. The summed E-state index contributed by atoms with van der Waals surface area (Å²) < 4.78 is 5.05. The smallest absolute Gasteiger partial charge is 0.176 e. The van der Waals surface area contributed by atoms with Crippen LogP contribution in [0.15, 0.2) is 12.1 Å². The average Bonchev–Trinajstić information content (AvgIpc) is 2.26. The molecule has 18 heavy (non-hydrogen) atoms. The van der Waals surface area contributed by atoms with Crippen molar-refractivity contribution >= 4 is 44.9 Å². The SMILES string of the molecule is COc1c(Cl)cc(C(=O)C(Br)CC(C)C)cc1Cl. The van der Waals surface area contributed by atoms with Crippen LogP contribution >= 0.6 is 39.1 Å². The molecule has 0 aliphatic heterocycles. The van der Waals surface area contributed by atoms with E-state index >= 15 is 0 Å². The Labute approximate surface area is 126 Å². The number of carbonyl (C=O) groups excluding carboxylic acids is 1. The second kappa shape index (κ2) is 6.78. The highest BCUT2D eigenvalue weighted by Crippen LogP contribution is 2.34. The summed E-state index contributed by atoms with van der Waals surface area (Å²) in [6.07, 6.45) is 0.764. The van der Waals surface area contributed by atoms with Crippen LogP contribution in [-0.4, -0.2) is 17.7 Å². The lowest BCUT2D eigenvalue weighted by Crippen LogP contribution is -2.16. The van der Waals surface area contributed by atoms with E-state index in [0.29, 0.717) is 27.3 Å². The van der Waals surface area contributed by atoms with Crippen molar-refractivity contribution in [2.45, 2.75) is 25.1 Å². The van der Waals surface area contributed by atoms with Gasteiger partial charge in [0, 0.05) is 5.56 Å². The Bertz CT molecular complexity index is 424. The summed E-state index contributed by atoms with van der Waals surface area (Å²) in [5.74, 6) is 0.808. The van der Waals surface area contributed by atoms with Crippen molar-refractivity contribution in [3.63, 3.8) is 0 Å². The minimum Gasteiger partial charge on any atom is -0.494 e. The summed E-state index contributed by atoms with van der Waals surface area (Å²) in [4.78, 5) is 12.0. The lowest BCUT2D eigenvalue weighted by atomic mass is 10.0. The molecular weight excluding hydrogens is 339 g/mol. The zero-order valence-corrected chi connectivity index (χ0v) is 13.6. The monoisotopic (exact) mass is 352 g/mol. The molecule has 0 saturated carbocycles. The molecule has 0 N–H and O–H groups in total. The van der Waals surface area contributed by atoms with Crippen LogP contribution in [0.25, 0.3) is 0 Å². The van der Waals surface area contributed by atoms with Crippen molar-refractivity contribution in [2.75, 3.05) is 7.11 Å².